The van der Waals surface area contributed by atoms with Crippen molar-refractivity contribution < 1.29 is 0 Å². The Morgan fingerprint density at radius 2 is 0.702 bits per heavy atom. The number of aliphatic imine (C=N–C) groups is 4. The summed E-state index contributed by atoms with van der Waals surface area (Å²) in [5.41, 5.74) is 21.8. The van der Waals surface area contributed by atoms with E-state index in [4.69, 9.17) is 20.0 Å². The molecule has 0 amide bonds. The second-order valence-corrected chi connectivity index (χ2v) is 21.7. The first-order valence-corrected chi connectivity index (χ1v) is 23.7. The van der Waals surface area contributed by atoms with Crippen molar-refractivity contribution in [2.75, 3.05) is 0 Å². The average Bonchev–Trinajstić information content (AvgIpc) is 4.04. The minimum atomic E-state index is -1.53. The van der Waals surface area contributed by atoms with E-state index in [1.807, 2.05) is 0 Å². The molecular weight excluding hydrogens is 824 g/mol. The summed E-state index contributed by atoms with van der Waals surface area (Å²) >= 11 is 2.36. The normalized spacial score (nSPS) is 17.0. The highest BCUT2D eigenvalue weighted by Crippen LogP contribution is 2.38. The van der Waals surface area contributed by atoms with Gasteiger partial charge in [-0.3, -0.25) is 0 Å². The molecule has 0 unspecified atom stereocenters. The van der Waals surface area contributed by atoms with Gasteiger partial charge < -0.3 is 0 Å². The fourth-order valence-corrected chi connectivity index (χ4v) is 8.19. The Balaban J connectivity index is 1.33. The van der Waals surface area contributed by atoms with Gasteiger partial charge >= 0.3 is 0 Å². The van der Waals surface area contributed by atoms with Crippen molar-refractivity contribution in [2.45, 2.75) is 33.5 Å². The van der Waals surface area contributed by atoms with Crippen molar-refractivity contribution in [3.05, 3.63) is 211 Å². The second-order valence-electron chi connectivity index (χ2n) is 15.7. The Hall–Kier alpha value is -6.01. The SMILES string of the molecule is Cc1ccc(C2=C3C=CC(=N3)C(c3ccc(C#C[Si](C)(C)C)cc3)=C3C=CC(=N3)C(c3ccc(C)cc3)=C3C=CC(=N3)C(c3ccc(I)cc3)=C3C=CC2=N3)cc1. The Morgan fingerprint density at radius 3 is 1.02 bits per heavy atom. The van der Waals surface area contributed by atoms with E-state index >= 15 is 0 Å². The zero-order valence-electron chi connectivity index (χ0n) is 32.5. The number of allylic oxidation sites excluding steroid dienone is 12. The van der Waals surface area contributed by atoms with Crippen LogP contribution in [0.3, 0.4) is 0 Å². The number of hydrogen-bond donors (Lipinski definition) is 0. The number of halogens is 1. The van der Waals surface area contributed by atoms with Gasteiger partial charge in [0, 0.05) is 31.4 Å². The lowest BCUT2D eigenvalue weighted by Gasteiger charge is -2.13. The molecule has 5 aliphatic heterocycles. The molecule has 0 saturated heterocycles. The Labute approximate surface area is 349 Å². The van der Waals surface area contributed by atoms with Gasteiger partial charge in [0.25, 0.3) is 0 Å². The highest BCUT2D eigenvalue weighted by molar-refractivity contribution is 14.1. The monoisotopic (exact) mass is 862 g/mol. The molecule has 5 aliphatic rings. The van der Waals surface area contributed by atoms with Gasteiger partial charge in [-0.2, -0.15) is 0 Å². The lowest BCUT2D eigenvalue weighted by Crippen LogP contribution is -2.16. The smallest absolute Gasteiger partial charge is 0.129 e. The van der Waals surface area contributed by atoms with Gasteiger partial charge in [-0.15, -0.1) is 5.54 Å². The molecule has 4 nitrogen and oxygen atoms in total. The van der Waals surface area contributed by atoms with Crippen LogP contribution in [0.25, 0.3) is 22.3 Å². The maximum atomic E-state index is 5.42. The molecule has 0 radical (unpaired) electrons. The van der Waals surface area contributed by atoms with Crippen molar-refractivity contribution in [2.24, 2.45) is 20.0 Å². The summed E-state index contributed by atoms with van der Waals surface area (Å²) in [4.78, 5) is 21.6. The minimum absolute atomic E-state index is 0.843. The molecule has 0 atom stereocenters. The lowest BCUT2D eigenvalue weighted by molar-refractivity contribution is 1.40. The van der Waals surface area contributed by atoms with Gasteiger partial charge in [-0.05, 0) is 132 Å². The predicted molar refractivity (Wildman–Crippen MR) is 252 cm³/mol. The van der Waals surface area contributed by atoms with Gasteiger partial charge in [0.1, 0.15) is 8.07 Å². The highest BCUT2D eigenvalue weighted by atomic mass is 127. The molecule has 5 heterocycles. The molecule has 0 fully saturated rings. The largest absolute Gasteiger partial charge is 0.248 e. The summed E-state index contributed by atoms with van der Waals surface area (Å²) in [6, 6.07) is 34.4. The van der Waals surface area contributed by atoms with Gasteiger partial charge in [-0.25, -0.2) is 20.0 Å². The number of benzene rings is 4. The van der Waals surface area contributed by atoms with Gasteiger partial charge in [0.15, 0.2) is 0 Å². The third kappa shape index (κ3) is 7.49. The number of rotatable bonds is 4. The maximum absolute atomic E-state index is 5.42. The Bertz CT molecular complexity index is 2780. The quantitative estimate of drug-likeness (QED) is 0.112. The molecule has 57 heavy (non-hydrogen) atoms. The van der Waals surface area contributed by atoms with Crippen LogP contribution in [-0.2, 0) is 0 Å². The Kier molecular flexibility index (Phi) is 9.52. The van der Waals surface area contributed by atoms with Crippen molar-refractivity contribution in [1.29, 1.82) is 0 Å². The summed E-state index contributed by atoms with van der Waals surface area (Å²) in [5, 5.41) is 0. The molecule has 8 bridgehead atoms. The predicted octanol–water partition coefficient (Wildman–Crippen LogP) is 12.1. The first kappa shape index (κ1) is 36.6. The summed E-state index contributed by atoms with van der Waals surface area (Å²) in [6.07, 6.45) is 16.9. The third-order valence-corrected chi connectivity index (χ3v) is 11.8. The lowest BCUT2D eigenvalue weighted by atomic mass is 9.97. The zero-order valence-corrected chi connectivity index (χ0v) is 35.7. The van der Waals surface area contributed by atoms with E-state index in [2.05, 4.69) is 213 Å². The van der Waals surface area contributed by atoms with Crippen LogP contribution in [-0.4, -0.2) is 30.9 Å². The summed E-state index contributed by atoms with van der Waals surface area (Å²) in [5.74, 6) is 3.42. The molecule has 0 N–H and O–H groups in total. The first-order chi connectivity index (χ1) is 27.6. The molecule has 6 heteroatoms. The van der Waals surface area contributed by atoms with E-state index in [9.17, 15) is 0 Å². The number of hydrogen-bond acceptors (Lipinski definition) is 4. The van der Waals surface area contributed by atoms with Gasteiger partial charge in [-0.1, -0.05) is 109 Å². The van der Waals surface area contributed by atoms with Crippen molar-refractivity contribution >= 4 is 75.8 Å². The molecule has 4 aromatic carbocycles. The topological polar surface area (TPSA) is 49.4 Å². The number of nitrogens with zero attached hydrogens (tertiary/aromatic N) is 4. The second kappa shape index (κ2) is 14.8. The zero-order chi connectivity index (χ0) is 39.3. The van der Waals surface area contributed by atoms with E-state index in [0.29, 0.717) is 0 Å². The summed E-state index contributed by atoms with van der Waals surface area (Å²) in [7, 11) is -1.53. The summed E-state index contributed by atoms with van der Waals surface area (Å²) in [6.45, 7) is 11.0. The maximum Gasteiger partial charge on any atom is 0.129 e. The minimum Gasteiger partial charge on any atom is -0.248 e. The van der Waals surface area contributed by atoms with E-state index in [-0.39, 0.29) is 0 Å². The average molecular weight is 863 g/mol. The first-order valence-electron chi connectivity index (χ1n) is 19.2. The van der Waals surface area contributed by atoms with E-state index in [0.717, 1.165) is 95.7 Å². The van der Waals surface area contributed by atoms with Crippen molar-refractivity contribution in [1.82, 2.24) is 0 Å². The molecule has 9 rings (SSSR count). The van der Waals surface area contributed by atoms with Crippen LogP contribution in [0.1, 0.15) is 38.9 Å². The molecular formula is C51H39IN4Si. The van der Waals surface area contributed by atoms with Crippen LogP contribution in [0.2, 0.25) is 19.6 Å². The molecule has 274 valence electrons. The molecule has 0 aromatic heterocycles. The number of fused-ring (bicyclic) bond motifs is 4. The third-order valence-electron chi connectivity index (χ3n) is 10.2. The van der Waals surface area contributed by atoms with E-state index in [1.165, 1.54) is 14.7 Å². The highest BCUT2D eigenvalue weighted by Gasteiger charge is 2.27. The molecule has 0 aliphatic carbocycles. The fourth-order valence-electron chi connectivity index (χ4n) is 7.31. The molecule has 4 aromatic rings. The molecule has 0 saturated carbocycles. The van der Waals surface area contributed by atoms with E-state index < -0.39 is 8.07 Å². The van der Waals surface area contributed by atoms with Crippen molar-refractivity contribution in [3.63, 3.8) is 0 Å². The van der Waals surface area contributed by atoms with Crippen LogP contribution < -0.4 is 0 Å². The Morgan fingerprint density at radius 1 is 0.404 bits per heavy atom. The summed E-state index contributed by atoms with van der Waals surface area (Å²) < 4.78 is 1.17. The van der Waals surface area contributed by atoms with Crippen LogP contribution in [0, 0.1) is 28.9 Å². The van der Waals surface area contributed by atoms with Gasteiger partial charge in [0.05, 0.1) is 45.6 Å². The van der Waals surface area contributed by atoms with Crippen LogP contribution in [0.5, 0.6) is 0 Å². The standard InChI is InChI=1S/C51H39IN4Si/c1-32-6-12-35(13-7-32)48-40-22-26-44(53-40)50(37-16-10-34(11-17-37)30-31-57(3,4)5)45-27-23-41(54-45)49(36-14-8-33(2)9-15-36)43-25-29-47(56-43)51(46-28-24-42(48)55-46)38-18-20-39(52)21-19-38/h6-29H,1-5H3. The molecule has 0 spiro atoms. The van der Waals surface area contributed by atoms with Crippen LogP contribution >= 0.6 is 22.6 Å². The van der Waals surface area contributed by atoms with E-state index in [1.54, 1.807) is 0 Å². The number of aryl methyl sites for hydroxylation is 2. The fraction of sp³-hybridized carbons (Fsp3) is 0.0980. The van der Waals surface area contributed by atoms with Crippen LogP contribution in [0.15, 0.2) is 188 Å². The van der Waals surface area contributed by atoms with Crippen molar-refractivity contribution in [3.8, 4) is 11.5 Å². The van der Waals surface area contributed by atoms with Gasteiger partial charge in [0.2, 0.25) is 0 Å². The van der Waals surface area contributed by atoms with Crippen LogP contribution in [0.4, 0.5) is 0 Å².